The minimum absolute atomic E-state index is 0.0799. The summed E-state index contributed by atoms with van der Waals surface area (Å²) in [4.78, 5) is 17.0. The minimum Gasteiger partial charge on any atom is -0.494 e. The molecular formula is C26H28F3N3O5. The van der Waals surface area contributed by atoms with Crippen LogP contribution in [0.25, 0.3) is 11.5 Å². The average molecular weight is 520 g/mol. The predicted octanol–water partition coefficient (Wildman–Crippen LogP) is 5.22. The van der Waals surface area contributed by atoms with E-state index in [4.69, 9.17) is 19.6 Å². The Bertz CT molecular complexity index is 1240. The highest BCUT2D eigenvalue weighted by atomic mass is 19.3. The van der Waals surface area contributed by atoms with Gasteiger partial charge in [0.15, 0.2) is 11.5 Å². The van der Waals surface area contributed by atoms with Gasteiger partial charge in [-0.3, -0.25) is 4.79 Å². The van der Waals surface area contributed by atoms with Crippen LogP contribution in [-0.2, 0) is 6.54 Å². The van der Waals surface area contributed by atoms with Crippen molar-refractivity contribution in [3.05, 3.63) is 59.2 Å². The quantitative estimate of drug-likeness (QED) is 0.338. The van der Waals surface area contributed by atoms with Gasteiger partial charge in [0, 0.05) is 11.6 Å². The molecule has 1 saturated carbocycles. The third-order valence-electron chi connectivity index (χ3n) is 5.63. The van der Waals surface area contributed by atoms with Gasteiger partial charge in [0.2, 0.25) is 5.89 Å². The number of oxazole rings is 1. The molecule has 1 aliphatic carbocycles. The molecule has 0 aliphatic heterocycles. The summed E-state index contributed by atoms with van der Waals surface area (Å²) < 4.78 is 61.5. The van der Waals surface area contributed by atoms with Crippen molar-refractivity contribution in [3.63, 3.8) is 0 Å². The second-order valence-corrected chi connectivity index (χ2v) is 8.67. The van der Waals surface area contributed by atoms with E-state index < -0.39 is 24.4 Å². The van der Waals surface area contributed by atoms with Gasteiger partial charge < -0.3 is 29.7 Å². The fourth-order valence-corrected chi connectivity index (χ4v) is 3.60. The summed E-state index contributed by atoms with van der Waals surface area (Å²) in [6, 6.07) is 7.79. The number of nitrogens with zero attached hydrogens (tertiary/aromatic N) is 1. The molecule has 11 heteroatoms. The molecule has 198 valence electrons. The fourth-order valence-electron chi connectivity index (χ4n) is 3.60. The summed E-state index contributed by atoms with van der Waals surface area (Å²) in [7, 11) is 0. The van der Waals surface area contributed by atoms with Crippen LogP contribution in [0.5, 0.6) is 17.2 Å². The number of ether oxygens (including phenoxy) is 3. The molecule has 37 heavy (non-hydrogen) atoms. The van der Waals surface area contributed by atoms with Crippen LogP contribution in [0.1, 0.15) is 54.5 Å². The topological polar surface area (TPSA) is 109 Å². The Labute approximate surface area is 211 Å². The van der Waals surface area contributed by atoms with Gasteiger partial charge in [0.1, 0.15) is 23.0 Å². The number of rotatable bonds is 12. The number of carbonyl (C=O) groups is 1. The molecule has 1 aliphatic rings. The molecular weight excluding hydrogens is 491 g/mol. The lowest BCUT2D eigenvalue weighted by atomic mass is 10.1. The molecule has 1 atom stereocenters. The number of amides is 1. The van der Waals surface area contributed by atoms with Crippen molar-refractivity contribution in [2.75, 3.05) is 13.2 Å². The van der Waals surface area contributed by atoms with E-state index in [1.165, 1.54) is 30.3 Å². The van der Waals surface area contributed by atoms with Gasteiger partial charge in [-0.25, -0.2) is 9.37 Å². The highest BCUT2D eigenvalue weighted by Gasteiger charge is 2.24. The first-order valence-electron chi connectivity index (χ1n) is 11.9. The van der Waals surface area contributed by atoms with E-state index in [0.29, 0.717) is 41.9 Å². The van der Waals surface area contributed by atoms with E-state index in [1.54, 1.807) is 13.8 Å². The van der Waals surface area contributed by atoms with Crippen LogP contribution < -0.4 is 25.3 Å². The Hall–Kier alpha value is -3.73. The van der Waals surface area contributed by atoms with Gasteiger partial charge in [-0.1, -0.05) is 0 Å². The largest absolute Gasteiger partial charge is 0.494 e. The maximum absolute atomic E-state index is 14.4. The lowest BCUT2D eigenvalue weighted by molar-refractivity contribution is -0.0515. The van der Waals surface area contributed by atoms with Gasteiger partial charge in [-0.05, 0) is 62.9 Å². The van der Waals surface area contributed by atoms with Crippen molar-refractivity contribution in [3.8, 4) is 28.7 Å². The minimum atomic E-state index is -3.00. The molecule has 8 nitrogen and oxygen atoms in total. The zero-order valence-electron chi connectivity index (χ0n) is 20.4. The molecule has 0 saturated heterocycles. The highest BCUT2D eigenvalue weighted by Crippen LogP contribution is 2.37. The predicted molar refractivity (Wildman–Crippen MR) is 128 cm³/mol. The van der Waals surface area contributed by atoms with Crippen molar-refractivity contribution < 1.29 is 36.6 Å². The second kappa shape index (κ2) is 11.5. The molecule has 1 amide bonds. The molecule has 0 unspecified atom stereocenters. The van der Waals surface area contributed by atoms with Crippen molar-refractivity contribution in [1.29, 1.82) is 0 Å². The van der Waals surface area contributed by atoms with E-state index in [9.17, 15) is 18.0 Å². The van der Waals surface area contributed by atoms with E-state index >= 15 is 0 Å². The lowest BCUT2D eigenvalue weighted by Gasteiger charge is -2.12. The molecule has 2 aromatic carbocycles. The molecule has 1 heterocycles. The van der Waals surface area contributed by atoms with Gasteiger partial charge in [0.25, 0.3) is 5.91 Å². The van der Waals surface area contributed by atoms with E-state index in [2.05, 4.69) is 15.0 Å². The van der Waals surface area contributed by atoms with Crippen molar-refractivity contribution in [1.82, 2.24) is 10.3 Å². The van der Waals surface area contributed by atoms with Gasteiger partial charge in [-0.2, -0.15) is 8.78 Å². The SMILES string of the molecule is CCOc1ccc(C(=O)NCc2nc(-c3ccc(OC(F)F)c(OCC4CC4)c3)oc2[C@H](C)N)c(F)c1. The number of nitrogens with one attached hydrogen (secondary N) is 1. The average Bonchev–Trinajstić information content (AvgIpc) is 3.58. The highest BCUT2D eigenvalue weighted by molar-refractivity contribution is 5.94. The van der Waals surface area contributed by atoms with Crippen LogP contribution in [0.15, 0.2) is 40.8 Å². The first kappa shape index (κ1) is 26.3. The maximum atomic E-state index is 14.4. The fraction of sp³-hybridized carbons (Fsp3) is 0.385. The Balaban J connectivity index is 1.53. The Morgan fingerprint density at radius 3 is 2.62 bits per heavy atom. The molecule has 4 rings (SSSR count). The van der Waals surface area contributed by atoms with Crippen molar-refractivity contribution in [2.45, 2.75) is 45.9 Å². The molecule has 1 aromatic heterocycles. The Morgan fingerprint density at radius 2 is 1.97 bits per heavy atom. The third kappa shape index (κ3) is 6.73. The number of halogens is 3. The monoisotopic (exact) mass is 519 g/mol. The van der Waals surface area contributed by atoms with E-state index in [-0.39, 0.29) is 29.5 Å². The summed E-state index contributed by atoms with van der Waals surface area (Å²) in [5, 5.41) is 2.62. The van der Waals surface area contributed by atoms with Gasteiger partial charge in [0.05, 0.1) is 31.4 Å². The van der Waals surface area contributed by atoms with Gasteiger partial charge >= 0.3 is 6.61 Å². The summed E-state index contributed by atoms with van der Waals surface area (Å²) in [5.74, 6) is -0.132. The first-order chi connectivity index (χ1) is 17.7. The van der Waals surface area contributed by atoms with Crippen LogP contribution in [-0.4, -0.2) is 30.7 Å². The lowest BCUT2D eigenvalue weighted by Crippen LogP contribution is -2.25. The first-order valence-corrected chi connectivity index (χ1v) is 11.9. The smallest absolute Gasteiger partial charge is 0.387 e. The summed E-state index contributed by atoms with van der Waals surface area (Å²) in [6.07, 6.45) is 2.05. The zero-order valence-corrected chi connectivity index (χ0v) is 20.4. The molecule has 1 fully saturated rings. The summed E-state index contributed by atoms with van der Waals surface area (Å²) in [5.41, 5.74) is 6.68. The van der Waals surface area contributed by atoms with Crippen molar-refractivity contribution >= 4 is 5.91 Å². The van der Waals surface area contributed by atoms with E-state index in [0.717, 1.165) is 18.9 Å². The molecule has 3 aromatic rings. The molecule has 0 spiro atoms. The van der Waals surface area contributed by atoms with Crippen LogP contribution in [0.3, 0.4) is 0 Å². The Kier molecular flexibility index (Phi) is 8.22. The normalized spacial score (nSPS) is 13.9. The van der Waals surface area contributed by atoms with Crippen LogP contribution >= 0.6 is 0 Å². The van der Waals surface area contributed by atoms with Crippen LogP contribution in [0.4, 0.5) is 13.2 Å². The maximum Gasteiger partial charge on any atom is 0.387 e. The number of hydrogen-bond acceptors (Lipinski definition) is 7. The molecule has 3 N–H and O–H groups in total. The summed E-state index contributed by atoms with van der Waals surface area (Å²) >= 11 is 0. The number of aromatic nitrogens is 1. The Morgan fingerprint density at radius 1 is 1.19 bits per heavy atom. The van der Waals surface area contributed by atoms with Crippen LogP contribution in [0.2, 0.25) is 0 Å². The number of nitrogens with two attached hydrogens (primary N) is 1. The second-order valence-electron chi connectivity index (χ2n) is 8.67. The standard InChI is InChI=1S/C26H28F3N3O5/c1-3-34-17-7-8-18(19(27)11-17)24(33)31-12-20-23(14(2)30)37-25(32-20)16-6-9-21(36-26(28)29)22(10-16)35-13-15-4-5-15/h6-11,14-15,26H,3-5,12-13,30H2,1-2H3,(H,31,33)/t14-/m0/s1. The van der Waals surface area contributed by atoms with Crippen LogP contribution in [0, 0.1) is 11.7 Å². The van der Waals surface area contributed by atoms with Crippen molar-refractivity contribution in [2.24, 2.45) is 11.7 Å². The number of hydrogen-bond donors (Lipinski definition) is 2. The van der Waals surface area contributed by atoms with E-state index in [1.807, 2.05) is 0 Å². The summed E-state index contributed by atoms with van der Waals surface area (Å²) in [6.45, 7) is 1.13. The molecule has 0 bridgehead atoms. The zero-order chi connectivity index (χ0) is 26.5. The molecule has 0 radical (unpaired) electrons. The third-order valence-corrected chi connectivity index (χ3v) is 5.63. The number of carbonyl (C=O) groups excluding carboxylic acids is 1. The van der Waals surface area contributed by atoms with Gasteiger partial charge in [-0.15, -0.1) is 0 Å². The number of benzene rings is 2. The number of alkyl halides is 2.